The largest absolute Gasteiger partial charge is 0.383 e. The Labute approximate surface area is 99.9 Å². The first-order valence-corrected chi connectivity index (χ1v) is 6.40. The maximum atomic E-state index is 5.15. The van der Waals surface area contributed by atoms with E-state index in [1.165, 1.54) is 19.6 Å². The lowest BCUT2D eigenvalue weighted by Gasteiger charge is -2.32. The molecule has 16 heavy (non-hydrogen) atoms. The van der Waals surface area contributed by atoms with E-state index in [0.29, 0.717) is 6.04 Å². The van der Waals surface area contributed by atoms with Crippen LogP contribution in [0.2, 0.25) is 0 Å². The summed E-state index contributed by atoms with van der Waals surface area (Å²) in [5.74, 6) is 0. The van der Waals surface area contributed by atoms with E-state index in [2.05, 4.69) is 29.0 Å². The molecular weight excluding hydrogens is 202 g/mol. The third-order valence-corrected chi connectivity index (χ3v) is 3.23. The fraction of sp³-hybridized carbons (Fsp3) is 1.00. The molecule has 1 N–H and O–H groups in total. The topological polar surface area (TPSA) is 27.7 Å². The highest BCUT2D eigenvalue weighted by Crippen LogP contribution is 2.00. The van der Waals surface area contributed by atoms with Gasteiger partial charge >= 0.3 is 0 Å². The quantitative estimate of drug-likeness (QED) is 0.677. The molecule has 0 aromatic rings. The zero-order valence-electron chi connectivity index (χ0n) is 11.0. The minimum atomic E-state index is 0.609. The number of ether oxygens (including phenoxy) is 1. The SMILES string of the molecule is COCCN(CCN1CCNCC1)C(C)C. The van der Waals surface area contributed by atoms with Crippen LogP contribution in [0.25, 0.3) is 0 Å². The molecule has 1 fully saturated rings. The van der Waals surface area contributed by atoms with Crippen LogP contribution in [0.1, 0.15) is 13.8 Å². The molecule has 0 bridgehead atoms. The summed E-state index contributed by atoms with van der Waals surface area (Å²) in [6, 6.07) is 0.609. The van der Waals surface area contributed by atoms with Crippen LogP contribution >= 0.6 is 0 Å². The molecule has 0 unspecified atom stereocenters. The maximum Gasteiger partial charge on any atom is 0.0589 e. The molecular formula is C12H27N3O. The standard InChI is InChI=1S/C12H27N3O/c1-12(2)15(10-11-16-3)9-8-14-6-4-13-5-7-14/h12-13H,4-11H2,1-3H3. The summed E-state index contributed by atoms with van der Waals surface area (Å²) >= 11 is 0. The predicted octanol–water partition coefficient (Wildman–Crippen LogP) is 0.248. The monoisotopic (exact) mass is 229 g/mol. The molecule has 1 aliphatic heterocycles. The smallest absolute Gasteiger partial charge is 0.0589 e. The molecule has 0 amide bonds. The number of hydrogen-bond donors (Lipinski definition) is 1. The van der Waals surface area contributed by atoms with Gasteiger partial charge in [-0.2, -0.15) is 0 Å². The summed E-state index contributed by atoms with van der Waals surface area (Å²) in [4.78, 5) is 5.03. The lowest BCUT2D eigenvalue weighted by atomic mass is 10.3. The average Bonchev–Trinajstić information content (AvgIpc) is 2.30. The predicted molar refractivity (Wildman–Crippen MR) is 67.9 cm³/mol. The van der Waals surface area contributed by atoms with Crippen molar-refractivity contribution in [1.29, 1.82) is 0 Å². The van der Waals surface area contributed by atoms with Crippen molar-refractivity contribution in [2.45, 2.75) is 19.9 Å². The van der Waals surface area contributed by atoms with Crippen molar-refractivity contribution in [3.05, 3.63) is 0 Å². The molecule has 1 saturated heterocycles. The molecule has 1 heterocycles. The van der Waals surface area contributed by atoms with Gasteiger partial charge in [0.05, 0.1) is 6.61 Å². The van der Waals surface area contributed by atoms with E-state index in [-0.39, 0.29) is 0 Å². The van der Waals surface area contributed by atoms with Crippen LogP contribution < -0.4 is 5.32 Å². The zero-order valence-corrected chi connectivity index (χ0v) is 11.0. The highest BCUT2D eigenvalue weighted by molar-refractivity contribution is 4.71. The minimum absolute atomic E-state index is 0.609. The lowest BCUT2D eigenvalue weighted by molar-refractivity contribution is 0.114. The second-order valence-corrected chi connectivity index (χ2v) is 4.71. The maximum absolute atomic E-state index is 5.15. The molecule has 0 aromatic carbocycles. The fourth-order valence-electron chi connectivity index (χ4n) is 2.04. The Morgan fingerprint density at radius 1 is 1.25 bits per heavy atom. The fourth-order valence-corrected chi connectivity index (χ4v) is 2.04. The van der Waals surface area contributed by atoms with Crippen molar-refractivity contribution in [2.75, 3.05) is 59.5 Å². The van der Waals surface area contributed by atoms with Gasteiger partial charge in [0.1, 0.15) is 0 Å². The van der Waals surface area contributed by atoms with Gasteiger partial charge in [-0.25, -0.2) is 0 Å². The Morgan fingerprint density at radius 3 is 2.50 bits per heavy atom. The molecule has 0 spiro atoms. The van der Waals surface area contributed by atoms with Crippen LogP contribution in [0.4, 0.5) is 0 Å². The van der Waals surface area contributed by atoms with Crippen LogP contribution in [-0.4, -0.2) is 75.4 Å². The molecule has 0 aromatic heterocycles. The van der Waals surface area contributed by atoms with E-state index in [9.17, 15) is 0 Å². The van der Waals surface area contributed by atoms with Crippen molar-refractivity contribution in [1.82, 2.24) is 15.1 Å². The van der Waals surface area contributed by atoms with Gasteiger partial charge in [0.2, 0.25) is 0 Å². The zero-order chi connectivity index (χ0) is 11.8. The Bertz CT molecular complexity index is 170. The van der Waals surface area contributed by atoms with Crippen LogP contribution in [0.3, 0.4) is 0 Å². The van der Waals surface area contributed by atoms with Crippen LogP contribution in [0.5, 0.6) is 0 Å². The number of hydrogen-bond acceptors (Lipinski definition) is 4. The van der Waals surface area contributed by atoms with E-state index in [0.717, 1.165) is 32.8 Å². The van der Waals surface area contributed by atoms with Gasteiger partial charge < -0.3 is 10.1 Å². The molecule has 96 valence electrons. The van der Waals surface area contributed by atoms with E-state index >= 15 is 0 Å². The molecule has 0 radical (unpaired) electrons. The number of methoxy groups -OCH3 is 1. The average molecular weight is 229 g/mol. The van der Waals surface area contributed by atoms with Gasteiger partial charge in [-0.05, 0) is 13.8 Å². The van der Waals surface area contributed by atoms with Crippen LogP contribution in [0, 0.1) is 0 Å². The molecule has 0 saturated carbocycles. The van der Waals surface area contributed by atoms with E-state index in [1.807, 2.05) is 0 Å². The summed E-state index contributed by atoms with van der Waals surface area (Å²) in [6.07, 6.45) is 0. The Kier molecular flexibility index (Phi) is 6.96. The number of rotatable bonds is 7. The summed E-state index contributed by atoms with van der Waals surface area (Å²) in [5, 5.41) is 3.38. The van der Waals surface area contributed by atoms with Crippen molar-refractivity contribution < 1.29 is 4.74 Å². The second-order valence-electron chi connectivity index (χ2n) is 4.71. The Morgan fingerprint density at radius 2 is 1.94 bits per heavy atom. The van der Waals surface area contributed by atoms with Crippen LogP contribution in [0.15, 0.2) is 0 Å². The van der Waals surface area contributed by atoms with Gasteiger partial charge in [-0.3, -0.25) is 9.80 Å². The normalized spacial score (nSPS) is 18.6. The first kappa shape index (κ1) is 13.9. The van der Waals surface area contributed by atoms with E-state index in [1.54, 1.807) is 7.11 Å². The number of piperazine rings is 1. The molecule has 1 aliphatic rings. The summed E-state index contributed by atoms with van der Waals surface area (Å²) in [5.41, 5.74) is 0. The van der Waals surface area contributed by atoms with Gasteiger partial charge in [-0.15, -0.1) is 0 Å². The first-order chi connectivity index (χ1) is 7.74. The Hall–Kier alpha value is -0.160. The highest BCUT2D eigenvalue weighted by atomic mass is 16.5. The third kappa shape index (κ3) is 5.25. The van der Waals surface area contributed by atoms with Crippen molar-refractivity contribution in [3.63, 3.8) is 0 Å². The molecule has 4 nitrogen and oxygen atoms in total. The van der Waals surface area contributed by atoms with E-state index in [4.69, 9.17) is 4.74 Å². The third-order valence-electron chi connectivity index (χ3n) is 3.23. The summed E-state index contributed by atoms with van der Waals surface area (Å²) in [6.45, 7) is 13.4. The minimum Gasteiger partial charge on any atom is -0.383 e. The van der Waals surface area contributed by atoms with Gasteiger partial charge in [0.25, 0.3) is 0 Å². The van der Waals surface area contributed by atoms with E-state index < -0.39 is 0 Å². The molecule has 4 heteroatoms. The van der Waals surface area contributed by atoms with Crippen molar-refractivity contribution in [2.24, 2.45) is 0 Å². The van der Waals surface area contributed by atoms with Crippen molar-refractivity contribution in [3.8, 4) is 0 Å². The second kappa shape index (κ2) is 8.01. The summed E-state index contributed by atoms with van der Waals surface area (Å²) < 4.78 is 5.15. The molecule has 1 rings (SSSR count). The number of nitrogens with zero attached hydrogens (tertiary/aromatic N) is 2. The molecule has 0 aliphatic carbocycles. The lowest BCUT2D eigenvalue weighted by Crippen LogP contribution is -2.47. The van der Waals surface area contributed by atoms with Gasteiger partial charge in [0, 0.05) is 59.0 Å². The Balaban J connectivity index is 2.19. The first-order valence-electron chi connectivity index (χ1n) is 6.40. The van der Waals surface area contributed by atoms with Crippen molar-refractivity contribution >= 4 is 0 Å². The van der Waals surface area contributed by atoms with Crippen LogP contribution in [-0.2, 0) is 4.74 Å². The highest BCUT2D eigenvalue weighted by Gasteiger charge is 2.13. The number of nitrogens with one attached hydrogen (secondary N) is 1. The van der Waals surface area contributed by atoms with Gasteiger partial charge in [0.15, 0.2) is 0 Å². The van der Waals surface area contributed by atoms with Gasteiger partial charge in [-0.1, -0.05) is 0 Å². The molecule has 0 atom stereocenters. The summed E-state index contributed by atoms with van der Waals surface area (Å²) in [7, 11) is 1.77.